The maximum Gasteiger partial charge on any atom is 0.375 e. The normalized spacial score (nSPS) is 12.5. The lowest BCUT2D eigenvalue weighted by Crippen LogP contribution is -2.50. The van der Waals surface area contributed by atoms with Gasteiger partial charge in [0.2, 0.25) is 5.76 Å². The van der Waals surface area contributed by atoms with Crippen LogP contribution in [0, 0.1) is 0 Å². The number of imide groups is 1. The molecule has 1 aromatic carbocycles. The minimum Gasteiger partial charge on any atom is -0.449 e. The molecule has 0 aliphatic carbocycles. The van der Waals surface area contributed by atoms with Crippen molar-refractivity contribution < 1.29 is 23.5 Å². The van der Waals surface area contributed by atoms with E-state index < -0.39 is 29.6 Å². The summed E-state index contributed by atoms with van der Waals surface area (Å²) in [5.41, 5.74) is -0.0298. The molecule has 2 N–H and O–H groups in total. The summed E-state index contributed by atoms with van der Waals surface area (Å²) in [5, 5.41) is 5.83. The van der Waals surface area contributed by atoms with Crippen molar-refractivity contribution in [2.24, 2.45) is 0 Å². The van der Waals surface area contributed by atoms with Gasteiger partial charge >= 0.3 is 12.0 Å². The number of hydrogen-bond acceptors (Lipinski definition) is 5. The van der Waals surface area contributed by atoms with Gasteiger partial charge in [-0.2, -0.15) is 0 Å². The van der Waals surface area contributed by atoms with E-state index in [4.69, 9.17) is 20.8 Å². The highest BCUT2D eigenvalue weighted by atomic mass is 35.5. The van der Waals surface area contributed by atoms with Crippen molar-refractivity contribution in [2.75, 3.05) is 0 Å². The van der Waals surface area contributed by atoms with Crippen molar-refractivity contribution in [3.05, 3.63) is 35.0 Å². The highest BCUT2D eigenvalue weighted by molar-refractivity contribution is 6.31. The second-order valence-electron chi connectivity index (χ2n) is 6.53. The number of fused-ring (bicyclic) bond motifs is 1. The average molecular weight is 367 g/mol. The molecule has 134 valence electrons. The fourth-order valence-corrected chi connectivity index (χ4v) is 2.15. The van der Waals surface area contributed by atoms with Crippen LogP contribution in [0.4, 0.5) is 4.79 Å². The number of benzene rings is 1. The minimum atomic E-state index is -1.17. The SMILES string of the molecule is C[C@H](OC(=O)c1cc2cc(Cl)ccc2o1)C(=O)NC(=O)NC(C)(C)C. The van der Waals surface area contributed by atoms with Gasteiger partial charge in [0.15, 0.2) is 6.10 Å². The molecule has 0 unspecified atom stereocenters. The van der Waals surface area contributed by atoms with Gasteiger partial charge in [0.05, 0.1) is 0 Å². The van der Waals surface area contributed by atoms with Crippen molar-refractivity contribution in [1.82, 2.24) is 10.6 Å². The maximum atomic E-state index is 12.1. The zero-order chi connectivity index (χ0) is 18.8. The van der Waals surface area contributed by atoms with Gasteiger partial charge < -0.3 is 14.5 Å². The third-order valence-corrected chi connectivity index (χ3v) is 3.29. The second kappa shape index (κ2) is 7.14. The van der Waals surface area contributed by atoms with Crippen LogP contribution in [-0.4, -0.2) is 29.6 Å². The van der Waals surface area contributed by atoms with Gasteiger partial charge in [-0.3, -0.25) is 10.1 Å². The number of urea groups is 1. The molecule has 8 heteroatoms. The first kappa shape index (κ1) is 18.8. The van der Waals surface area contributed by atoms with Crippen LogP contribution in [0.5, 0.6) is 0 Å². The first-order valence-electron chi connectivity index (χ1n) is 7.58. The molecule has 1 atom stereocenters. The third kappa shape index (κ3) is 5.22. The van der Waals surface area contributed by atoms with Gasteiger partial charge in [-0.15, -0.1) is 0 Å². The second-order valence-corrected chi connectivity index (χ2v) is 6.97. The lowest BCUT2D eigenvalue weighted by Gasteiger charge is -2.21. The maximum absolute atomic E-state index is 12.1. The average Bonchev–Trinajstić information content (AvgIpc) is 2.87. The molecule has 0 aliphatic heterocycles. The molecule has 1 heterocycles. The van der Waals surface area contributed by atoms with Crippen molar-refractivity contribution >= 4 is 40.5 Å². The van der Waals surface area contributed by atoms with Crippen molar-refractivity contribution in [3.8, 4) is 0 Å². The Bertz CT molecular complexity index is 822. The van der Waals surface area contributed by atoms with E-state index in [0.29, 0.717) is 16.0 Å². The predicted molar refractivity (Wildman–Crippen MR) is 92.5 cm³/mol. The predicted octanol–water partition coefficient (Wildman–Crippen LogP) is 3.26. The topological polar surface area (TPSA) is 97.6 Å². The summed E-state index contributed by atoms with van der Waals surface area (Å²) in [6.07, 6.45) is -1.17. The van der Waals surface area contributed by atoms with Crippen molar-refractivity contribution in [1.29, 1.82) is 0 Å². The molecule has 0 saturated heterocycles. The molecular formula is C17H19ClN2O5. The van der Waals surface area contributed by atoms with E-state index in [1.807, 2.05) is 0 Å². The molecule has 7 nitrogen and oxygen atoms in total. The van der Waals surface area contributed by atoms with E-state index >= 15 is 0 Å². The van der Waals surface area contributed by atoms with Gasteiger partial charge in [0.25, 0.3) is 5.91 Å². The Hall–Kier alpha value is -2.54. The number of halogens is 1. The van der Waals surface area contributed by atoms with Crippen molar-refractivity contribution in [3.63, 3.8) is 0 Å². The van der Waals surface area contributed by atoms with Crippen LogP contribution in [0.3, 0.4) is 0 Å². The van der Waals surface area contributed by atoms with Crippen LogP contribution in [0.15, 0.2) is 28.7 Å². The number of amides is 3. The Kier molecular flexibility index (Phi) is 5.37. The largest absolute Gasteiger partial charge is 0.449 e. The lowest BCUT2D eigenvalue weighted by molar-refractivity contribution is -0.128. The molecule has 25 heavy (non-hydrogen) atoms. The Morgan fingerprint density at radius 2 is 1.88 bits per heavy atom. The summed E-state index contributed by atoms with van der Waals surface area (Å²) in [7, 11) is 0. The Morgan fingerprint density at radius 1 is 1.20 bits per heavy atom. The van der Waals surface area contributed by atoms with Gasteiger partial charge in [-0.1, -0.05) is 11.6 Å². The van der Waals surface area contributed by atoms with Crippen LogP contribution in [0.1, 0.15) is 38.2 Å². The molecule has 0 radical (unpaired) electrons. The number of carbonyl (C=O) groups is 3. The molecule has 0 spiro atoms. The van der Waals surface area contributed by atoms with E-state index in [-0.39, 0.29) is 5.76 Å². The number of ether oxygens (including phenoxy) is 1. The highest BCUT2D eigenvalue weighted by Gasteiger charge is 2.24. The minimum absolute atomic E-state index is 0.0592. The van der Waals surface area contributed by atoms with Crippen LogP contribution in [0.2, 0.25) is 5.02 Å². The quantitative estimate of drug-likeness (QED) is 0.812. The Morgan fingerprint density at radius 3 is 2.52 bits per heavy atom. The zero-order valence-corrected chi connectivity index (χ0v) is 15.1. The summed E-state index contributed by atoms with van der Waals surface area (Å²) < 4.78 is 10.4. The number of furan rings is 1. The highest BCUT2D eigenvalue weighted by Crippen LogP contribution is 2.23. The van der Waals surface area contributed by atoms with E-state index in [1.165, 1.54) is 13.0 Å². The number of esters is 1. The van der Waals surface area contributed by atoms with E-state index in [2.05, 4.69) is 10.6 Å². The summed E-state index contributed by atoms with van der Waals surface area (Å²) in [6.45, 7) is 6.67. The number of rotatable bonds is 3. The molecule has 3 amide bonds. The van der Waals surface area contributed by atoms with Gasteiger partial charge in [0, 0.05) is 15.9 Å². The fraction of sp³-hybridized carbons (Fsp3) is 0.353. The van der Waals surface area contributed by atoms with Crippen LogP contribution < -0.4 is 10.6 Å². The van der Waals surface area contributed by atoms with Crippen molar-refractivity contribution in [2.45, 2.75) is 39.3 Å². The Labute approximate surface area is 149 Å². The molecule has 0 bridgehead atoms. The monoisotopic (exact) mass is 366 g/mol. The van der Waals surface area contributed by atoms with Gasteiger partial charge in [0.1, 0.15) is 5.58 Å². The molecule has 2 aromatic rings. The molecule has 1 aromatic heterocycles. The fourth-order valence-electron chi connectivity index (χ4n) is 1.97. The summed E-state index contributed by atoms with van der Waals surface area (Å²) in [6, 6.07) is 5.71. The molecular weight excluding hydrogens is 348 g/mol. The molecule has 0 fully saturated rings. The molecule has 2 rings (SSSR count). The molecule has 0 saturated carbocycles. The van der Waals surface area contributed by atoms with Crippen LogP contribution >= 0.6 is 11.6 Å². The molecule has 0 aliphatic rings. The number of carbonyl (C=O) groups excluding carboxylic acids is 3. The van der Waals surface area contributed by atoms with Crippen LogP contribution in [0.25, 0.3) is 11.0 Å². The van der Waals surface area contributed by atoms with E-state index in [9.17, 15) is 14.4 Å². The smallest absolute Gasteiger partial charge is 0.375 e. The van der Waals surface area contributed by atoms with E-state index in [1.54, 1.807) is 39.0 Å². The van der Waals surface area contributed by atoms with E-state index in [0.717, 1.165) is 0 Å². The zero-order valence-electron chi connectivity index (χ0n) is 14.3. The summed E-state index contributed by atoms with van der Waals surface area (Å²) >= 11 is 5.88. The third-order valence-electron chi connectivity index (χ3n) is 3.06. The lowest BCUT2D eigenvalue weighted by atomic mass is 10.1. The van der Waals surface area contributed by atoms with Gasteiger partial charge in [-0.05, 0) is 52.0 Å². The number of hydrogen-bond donors (Lipinski definition) is 2. The first-order chi connectivity index (χ1) is 11.5. The Balaban J connectivity index is 1.98. The first-order valence-corrected chi connectivity index (χ1v) is 7.96. The standard InChI is InChI=1S/C17H19ClN2O5/c1-9(14(21)19-16(23)20-17(2,3)4)24-15(22)13-8-10-7-11(18)5-6-12(10)25-13/h5-9H,1-4H3,(H2,19,20,21,23)/t9-/m0/s1. The number of nitrogens with one attached hydrogen (secondary N) is 2. The summed E-state index contributed by atoms with van der Waals surface area (Å²) in [4.78, 5) is 35.7. The summed E-state index contributed by atoms with van der Waals surface area (Å²) in [5.74, 6) is -1.61. The van der Waals surface area contributed by atoms with Gasteiger partial charge in [-0.25, -0.2) is 9.59 Å². The van der Waals surface area contributed by atoms with Crippen LogP contribution in [-0.2, 0) is 9.53 Å².